The first-order chi connectivity index (χ1) is 8.78. The third kappa shape index (κ3) is 3.07. The Kier molecular flexibility index (Phi) is 3.54. The molecular weight excluding hydrogens is 265 g/mol. The van der Waals surface area contributed by atoms with Gasteiger partial charge in [0.05, 0.1) is 11.4 Å². The fourth-order valence-electron chi connectivity index (χ4n) is 1.88. The second kappa shape index (κ2) is 4.85. The number of nitrogens with zero attached hydrogens (tertiary/aromatic N) is 2. The quantitative estimate of drug-likeness (QED) is 0.909. The average Bonchev–Trinajstić information content (AvgIpc) is 2.55. The van der Waals surface area contributed by atoms with Crippen LogP contribution in [-0.2, 0) is 6.42 Å². The average molecular weight is 282 g/mol. The van der Waals surface area contributed by atoms with E-state index in [-0.39, 0.29) is 11.2 Å². The van der Waals surface area contributed by atoms with Crippen molar-refractivity contribution < 1.29 is 4.39 Å². The van der Waals surface area contributed by atoms with Crippen LogP contribution >= 0.6 is 11.6 Å². The zero-order chi connectivity index (χ0) is 14.2. The van der Waals surface area contributed by atoms with Crippen LogP contribution in [0.3, 0.4) is 0 Å². The van der Waals surface area contributed by atoms with Gasteiger partial charge in [-0.05, 0) is 30.0 Å². The maximum Gasteiger partial charge on any atom is 0.146 e. The van der Waals surface area contributed by atoms with Gasteiger partial charge < -0.3 is 5.73 Å². The van der Waals surface area contributed by atoms with E-state index in [1.54, 1.807) is 12.1 Å². The summed E-state index contributed by atoms with van der Waals surface area (Å²) >= 11 is 6.21. The molecule has 0 bridgehead atoms. The maximum atomic E-state index is 13.2. The number of nitrogen functional groups attached to an aromatic ring is 1. The number of benzene rings is 1. The second-order valence-corrected chi connectivity index (χ2v) is 6.15. The minimum Gasteiger partial charge on any atom is -0.382 e. The van der Waals surface area contributed by atoms with E-state index in [0.717, 1.165) is 5.69 Å². The summed E-state index contributed by atoms with van der Waals surface area (Å²) in [6.45, 7) is 6.29. The van der Waals surface area contributed by atoms with Crippen molar-refractivity contribution in [3.05, 3.63) is 40.8 Å². The number of rotatable bonds is 2. The topological polar surface area (TPSA) is 43.8 Å². The van der Waals surface area contributed by atoms with Crippen LogP contribution < -0.4 is 5.73 Å². The number of halogens is 2. The van der Waals surface area contributed by atoms with Crippen molar-refractivity contribution in [1.82, 2.24) is 9.78 Å². The zero-order valence-electron chi connectivity index (χ0n) is 11.2. The summed E-state index contributed by atoms with van der Waals surface area (Å²) in [6, 6.07) is 6.11. The minimum atomic E-state index is -0.333. The predicted molar refractivity (Wildman–Crippen MR) is 76.1 cm³/mol. The summed E-state index contributed by atoms with van der Waals surface area (Å²) < 4.78 is 14.7. The standard InChI is InChI=1S/C14H17ClFN3/c1-14(2,3)8-11-12(15)13(17)19(18-11)10-6-4-5-9(16)7-10/h4-7H,8,17H2,1-3H3. The van der Waals surface area contributed by atoms with Crippen LogP contribution in [-0.4, -0.2) is 9.78 Å². The predicted octanol–water partition coefficient (Wildman–Crippen LogP) is 3.84. The van der Waals surface area contributed by atoms with Crippen LogP contribution in [0.25, 0.3) is 5.69 Å². The monoisotopic (exact) mass is 281 g/mol. The van der Waals surface area contributed by atoms with E-state index in [1.807, 2.05) is 0 Å². The molecule has 2 N–H and O–H groups in total. The molecule has 2 aromatic rings. The van der Waals surface area contributed by atoms with Crippen LogP contribution in [0.2, 0.25) is 5.02 Å². The van der Waals surface area contributed by atoms with E-state index >= 15 is 0 Å². The third-order valence-electron chi connectivity index (χ3n) is 2.68. The number of aromatic nitrogens is 2. The van der Waals surface area contributed by atoms with E-state index in [1.165, 1.54) is 16.8 Å². The van der Waals surface area contributed by atoms with Gasteiger partial charge in [0.25, 0.3) is 0 Å². The molecule has 1 heterocycles. The van der Waals surface area contributed by atoms with E-state index in [2.05, 4.69) is 25.9 Å². The molecule has 0 aliphatic heterocycles. The van der Waals surface area contributed by atoms with E-state index in [4.69, 9.17) is 17.3 Å². The Balaban J connectivity index is 2.46. The Morgan fingerprint density at radius 2 is 2.05 bits per heavy atom. The molecule has 0 saturated carbocycles. The highest BCUT2D eigenvalue weighted by Gasteiger charge is 2.20. The molecule has 0 amide bonds. The zero-order valence-corrected chi connectivity index (χ0v) is 12.0. The Morgan fingerprint density at radius 3 is 2.63 bits per heavy atom. The lowest BCUT2D eigenvalue weighted by atomic mass is 9.91. The van der Waals surface area contributed by atoms with Gasteiger partial charge >= 0.3 is 0 Å². The van der Waals surface area contributed by atoms with Crippen molar-refractivity contribution in [2.75, 3.05) is 5.73 Å². The molecule has 19 heavy (non-hydrogen) atoms. The van der Waals surface area contributed by atoms with Crippen LogP contribution in [0.1, 0.15) is 26.5 Å². The maximum absolute atomic E-state index is 13.2. The molecule has 0 spiro atoms. The minimum absolute atomic E-state index is 0.0528. The van der Waals surface area contributed by atoms with Gasteiger partial charge in [-0.2, -0.15) is 5.10 Å². The molecule has 0 aliphatic carbocycles. The van der Waals surface area contributed by atoms with E-state index in [9.17, 15) is 4.39 Å². The van der Waals surface area contributed by atoms with Crippen molar-refractivity contribution in [2.24, 2.45) is 5.41 Å². The Labute approximate surface area is 117 Å². The molecule has 0 atom stereocenters. The van der Waals surface area contributed by atoms with Gasteiger partial charge in [0, 0.05) is 0 Å². The largest absolute Gasteiger partial charge is 0.382 e. The Morgan fingerprint density at radius 1 is 1.37 bits per heavy atom. The van der Waals surface area contributed by atoms with Crippen molar-refractivity contribution in [3.8, 4) is 5.69 Å². The first-order valence-corrected chi connectivity index (χ1v) is 6.44. The van der Waals surface area contributed by atoms with Gasteiger partial charge in [0.1, 0.15) is 16.7 Å². The first-order valence-electron chi connectivity index (χ1n) is 6.07. The third-order valence-corrected chi connectivity index (χ3v) is 3.09. The molecule has 2 rings (SSSR count). The fourth-order valence-corrected chi connectivity index (χ4v) is 2.06. The number of hydrogen-bond acceptors (Lipinski definition) is 2. The van der Waals surface area contributed by atoms with Gasteiger partial charge in [-0.1, -0.05) is 38.4 Å². The van der Waals surface area contributed by atoms with Crippen molar-refractivity contribution >= 4 is 17.4 Å². The summed E-state index contributed by atoms with van der Waals surface area (Å²) in [5.41, 5.74) is 7.30. The lowest BCUT2D eigenvalue weighted by Gasteiger charge is -2.16. The smallest absolute Gasteiger partial charge is 0.146 e. The molecule has 1 aromatic heterocycles. The summed E-state index contributed by atoms with van der Waals surface area (Å²) in [5.74, 6) is 0.00686. The van der Waals surface area contributed by atoms with Crippen molar-refractivity contribution in [1.29, 1.82) is 0 Å². The molecule has 3 nitrogen and oxygen atoms in total. The first kappa shape index (κ1) is 13.9. The van der Waals surface area contributed by atoms with Crippen LogP contribution in [0.5, 0.6) is 0 Å². The summed E-state index contributed by atoms with van der Waals surface area (Å²) in [5, 5.41) is 4.84. The van der Waals surface area contributed by atoms with Gasteiger partial charge in [-0.15, -0.1) is 0 Å². The molecule has 0 aliphatic rings. The molecule has 0 unspecified atom stereocenters. The van der Waals surface area contributed by atoms with E-state index in [0.29, 0.717) is 22.9 Å². The van der Waals surface area contributed by atoms with Gasteiger partial charge in [0.15, 0.2) is 0 Å². The lowest BCUT2D eigenvalue weighted by Crippen LogP contribution is -2.10. The van der Waals surface area contributed by atoms with Crippen LogP contribution in [0, 0.1) is 11.2 Å². The molecule has 5 heteroatoms. The summed E-state index contributed by atoms with van der Waals surface area (Å²) in [6.07, 6.45) is 0.707. The molecule has 0 radical (unpaired) electrons. The normalized spacial score (nSPS) is 11.8. The molecule has 1 aromatic carbocycles. The lowest BCUT2D eigenvalue weighted by molar-refractivity contribution is 0.405. The van der Waals surface area contributed by atoms with Crippen LogP contribution in [0.15, 0.2) is 24.3 Å². The molecule has 102 valence electrons. The number of anilines is 1. The number of hydrogen-bond donors (Lipinski definition) is 1. The highest BCUT2D eigenvalue weighted by atomic mass is 35.5. The van der Waals surface area contributed by atoms with Crippen molar-refractivity contribution in [2.45, 2.75) is 27.2 Å². The Hall–Kier alpha value is -1.55. The summed E-state index contributed by atoms with van der Waals surface area (Å²) in [7, 11) is 0. The molecule has 0 saturated heterocycles. The van der Waals surface area contributed by atoms with Gasteiger partial charge in [0.2, 0.25) is 0 Å². The summed E-state index contributed by atoms with van der Waals surface area (Å²) in [4.78, 5) is 0. The highest BCUT2D eigenvalue weighted by Crippen LogP contribution is 2.30. The number of nitrogens with two attached hydrogens (primary N) is 1. The SMILES string of the molecule is CC(C)(C)Cc1nn(-c2cccc(F)c2)c(N)c1Cl. The molecule has 0 fully saturated rings. The fraction of sp³-hybridized carbons (Fsp3) is 0.357. The van der Waals surface area contributed by atoms with E-state index < -0.39 is 0 Å². The second-order valence-electron chi connectivity index (χ2n) is 5.78. The highest BCUT2D eigenvalue weighted by molar-refractivity contribution is 6.33. The van der Waals surface area contributed by atoms with Gasteiger partial charge in [-0.3, -0.25) is 0 Å². The van der Waals surface area contributed by atoms with Crippen LogP contribution in [0.4, 0.5) is 10.2 Å². The molecular formula is C14H17ClFN3. The Bertz CT molecular complexity index is 599. The van der Waals surface area contributed by atoms with Crippen molar-refractivity contribution in [3.63, 3.8) is 0 Å². The van der Waals surface area contributed by atoms with Gasteiger partial charge in [-0.25, -0.2) is 9.07 Å².